The van der Waals surface area contributed by atoms with Crippen LogP contribution in [-0.4, -0.2) is 22.3 Å². The first-order valence-corrected chi connectivity index (χ1v) is 3.70. The average Bonchev–Trinajstić information content (AvgIpc) is 2.03. The molecule has 0 aliphatic carbocycles. The molecule has 1 rings (SSSR count). The molecule has 12 heavy (non-hydrogen) atoms. The molecule has 0 unspecified atom stereocenters. The standard InChI is InChI=1S/C8H11N3O/c1-6-3-9-8(10-4-6)11-5-7(2)12/h3-4H,5H2,1-2H3,(H,9,10,11). The molecule has 64 valence electrons. The number of aromatic nitrogens is 2. The Balaban J connectivity index is 2.53. The zero-order valence-electron chi connectivity index (χ0n) is 7.16. The molecule has 0 aliphatic heterocycles. The number of anilines is 1. The highest BCUT2D eigenvalue weighted by Crippen LogP contribution is 1.97. The summed E-state index contributed by atoms with van der Waals surface area (Å²) < 4.78 is 0. The van der Waals surface area contributed by atoms with Gasteiger partial charge in [0.05, 0.1) is 6.54 Å². The van der Waals surface area contributed by atoms with Crippen molar-refractivity contribution in [2.75, 3.05) is 11.9 Å². The van der Waals surface area contributed by atoms with Crippen LogP contribution in [0.1, 0.15) is 12.5 Å². The summed E-state index contributed by atoms with van der Waals surface area (Å²) in [5, 5.41) is 2.80. The molecule has 1 heterocycles. The molecule has 0 radical (unpaired) electrons. The van der Waals surface area contributed by atoms with Crippen LogP contribution in [0.15, 0.2) is 12.4 Å². The van der Waals surface area contributed by atoms with Gasteiger partial charge in [-0.1, -0.05) is 0 Å². The number of hydrogen-bond acceptors (Lipinski definition) is 4. The Morgan fingerprint density at radius 3 is 2.58 bits per heavy atom. The summed E-state index contributed by atoms with van der Waals surface area (Å²) in [6.45, 7) is 3.71. The second kappa shape index (κ2) is 3.80. The number of aryl methyl sites for hydroxylation is 1. The second-order valence-electron chi connectivity index (χ2n) is 2.64. The van der Waals surface area contributed by atoms with Gasteiger partial charge in [0.25, 0.3) is 0 Å². The van der Waals surface area contributed by atoms with Crippen LogP contribution in [0.25, 0.3) is 0 Å². The van der Waals surface area contributed by atoms with E-state index in [1.165, 1.54) is 6.92 Å². The van der Waals surface area contributed by atoms with Gasteiger partial charge in [-0.15, -0.1) is 0 Å². The number of nitrogens with one attached hydrogen (secondary N) is 1. The van der Waals surface area contributed by atoms with Crippen LogP contribution < -0.4 is 5.32 Å². The van der Waals surface area contributed by atoms with E-state index in [-0.39, 0.29) is 12.3 Å². The third-order valence-corrected chi connectivity index (χ3v) is 1.28. The molecule has 4 heteroatoms. The van der Waals surface area contributed by atoms with Crippen LogP contribution in [0.5, 0.6) is 0 Å². The van der Waals surface area contributed by atoms with Gasteiger partial charge in [-0.3, -0.25) is 4.79 Å². The summed E-state index contributed by atoms with van der Waals surface area (Å²) in [6.07, 6.45) is 3.41. The van der Waals surface area contributed by atoms with Crippen molar-refractivity contribution in [3.63, 3.8) is 0 Å². The van der Waals surface area contributed by atoms with Crippen LogP contribution in [-0.2, 0) is 4.79 Å². The molecule has 0 saturated heterocycles. The van der Waals surface area contributed by atoms with Crippen LogP contribution in [0.2, 0.25) is 0 Å². The summed E-state index contributed by atoms with van der Waals surface area (Å²) in [7, 11) is 0. The molecule has 0 aromatic carbocycles. The van der Waals surface area contributed by atoms with E-state index in [1.807, 2.05) is 6.92 Å². The minimum atomic E-state index is 0.0687. The van der Waals surface area contributed by atoms with Gasteiger partial charge in [0.2, 0.25) is 5.95 Å². The van der Waals surface area contributed by atoms with Gasteiger partial charge < -0.3 is 5.32 Å². The highest BCUT2D eigenvalue weighted by molar-refractivity contribution is 5.79. The minimum absolute atomic E-state index is 0.0687. The molecular formula is C8H11N3O. The van der Waals surface area contributed by atoms with Crippen LogP contribution in [0, 0.1) is 6.92 Å². The van der Waals surface area contributed by atoms with Crippen LogP contribution >= 0.6 is 0 Å². The minimum Gasteiger partial charge on any atom is -0.347 e. The summed E-state index contributed by atoms with van der Waals surface area (Å²) in [5.41, 5.74) is 1.00. The summed E-state index contributed by atoms with van der Waals surface area (Å²) >= 11 is 0. The number of carbonyl (C=O) groups excluding carboxylic acids is 1. The largest absolute Gasteiger partial charge is 0.347 e. The Bertz CT molecular complexity index is 268. The monoisotopic (exact) mass is 165 g/mol. The molecule has 1 N–H and O–H groups in total. The van der Waals surface area contributed by atoms with Gasteiger partial charge in [-0.25, -0.2) is 9.97 Å². The van der Waals surface area contributed by atoms with Crippen LogP contribution in [0.3, 0.4) is 0 Å². The number of nitrogens with zero attached hydrogens (tertiary/aromatic N) is 2. The number of rotatable bonds is 3. The maximum Gasteiger partial charge on any atom is 0.222 e. The maximum atomic E-state index is 10.6. The van der Waals surface area contributed by atoms with Crippen molar-refractivity contribution in [2.24, 2.45) is 0 Å². The smallest absolute Gasteiger partial charge is 0.222 e. The first-order valence-electron chi connectivity index (χ1n) is 3.70. The van der Waals surface area contributed by atoms with E-state index in [1.54, 1.807) is 12.4 Å². The summed E-state index contributed by atoms with van der Waals surface area (Å²) in [4.78, 5) is 18.5. The van der Waals surface area contributed by atoms with Gasteiger partial charge in [0.15, 0.2) is 0 Å². The van der Waals surface area contributed by atoms with E-state index in [0.29, 0.717) is 5.95 Å². The van der Waals surface area contributed by atoms with E-state index in [4.69, 9.17) is 0 Å². The van der Waals surface area contributed by atoms with Gasteiger partial charge in [0, 0.05) is 12.4 Å². The SMILES string of the molecule is CC(=O)CNc1ncc(C)cn1. The van der Waals surface area contributed by atoms with Crippen molar-refractivity contribution in [2.45, 2.75) is 13.8 Å². The molecule has 1 aromatic heterocycles. The molecule has 0 atom stereocenters. The van der Waals surface area contributed by atoms with E-state index >= 15 is 0 Å². The quantitative estimate of drug-likeness (QED) is 0.719. The third-order valence-electron chi connectivity index (χ3n) is 1.28. The Morgan fingerprint density at radius 2 is 2.08 bits per heavy atom. The zero-order valence-corrected chi connectivity index (χ0v) is 7.16. The summed E-state index contributed by atoms with van der Waals surface area (Å²) in [5.74, 6) is 0.565. The summed E-state index contributed by atoms with van der Waals surface area (Å²) in [6, 6.07) is 0. The van der Waals surface area contributed by atoms with Gasteiger partial charge in [-0.05, 0) is 19.4 Å². The van der Waals surface area contributed by atoms with E-state index in [2.05, 4.69) is 15.3 Å². The topological polar surface area (TPSA) is 54.9 Å². The lowest BCUT2D eigenvalue weighted by Crippen LogP contribution is -2.11. The van der Waals surface area contributed by atoms with Crippen molar-refractivity contribution in [1.29, 1.82) is 0 Å². The number of ketones is 1. The number of Topliss-reactive ketones (excluding diaryl/α,β-unsaturated/α-hetero) is 1. The number of carbonyl (C=O) groups is 1. The fraction of sp³-hybridized carbons (Fsp3) is 0.375. The first kappa shape index (κ1) is 8.64. The lowest BCUT2D eigenvalue weighted by Gasteiger charge is -2.00. The van der Waals surface area contributed by atoms with Gasteiger partial charge in [-0.2, -0.15) is 0 Å². The Hall–Kier alpha value is -1.45. The molecule has 0 amide bonds. The van der Waals surface area contributed by atoms with Crippen molar-refractivity contribution in [3.8, 4) is 0 Å². The van der Waals surface area contributed by atoms with Crippen LogP contribution in [0.4, 0.5) is 5.95 Å². The first-order chi connectivity index (χ1) is 5.68. The Kier molecular flexibility index (Phi) is 2.74. The van der Waals surface area contributed by atoms with Crippen molar-refractivity contribution in [1.82, 2.24) is 9.97 Å². The maximum absolute atomic E-state index is 10.6. The Labute approximate surface area is 71.0 Å². The number of hydrogen-bond donors (Lipinski definition) is 1. The lowest BCUT2D eigenvalue weighted by atomic mass is 10.4. The fourth-order valence-electron chi connectivity index (χ4n) is 0.687. The molecule has 4 nitrogen and oxygen atoms in total. The zero-order chi connectivity index (χ0) is 8.97. The third kappa shape index (κ3) is 2.65. The second-order valence-corrected chi connectivity index (χ2v) is 2.64. The van der Waals surface area contributed by atoms with E-state index in [0.717, 1.165) is 5.56 Å². The highest BCUT2D eigenvalue weighted by atomic mass is 16.1. The van der Waals surface area contributed by atoms with E-state index in [9.17, 15) is 4.79 Å². The van der Waals surface area contributed by atoms with Crippen molar-refractivity contribution < 1.29 is 4.79 Å². The molecule has 0 bridgehead atoms. The molecule has 0 spiro atoms. The van der Waals surface area contributed by atoms with Gasteiger partial charge in [0.1, 0.15) is 5.78 Å². The van der Waals surface area contributed by atoms with Gasteiger partial charge >= 0.3 is 0 Å². The van der Waals surface area contributed by atoms with Crippen molar-refractivity contribution in [3.05, 3.63) is 18.0 Å². The highest BCUT2D eigenvalue weighted by Gasteiger charge is 1.95. The Morgan fingerprint density at radius 1 is 1.50 bits per heavy atom. The lowest BCUT2D eigenvalue weighted by molar-refractivity contribution is -0.115. The molecular weight excluding hydrogens is 154 g/mol. The fourth-order valence-corrected chi connectivity index (χ4v) is 0.687. The average molecular weight is 165 g/mol. The van der Waals surface area contributed by atoms with E-state index < -0.39 is 0 Å². The molecule has 0 saturated carbocycles. The molecule has 0 fully saturated rings. The molecule has 1 aromatic rings. The normalized spacial score (nSPS) is 9.50. The van der Waals surface area contributed by atoms with Crippen molar-refractivity contribution >= 4 is 11.7 Å². The predicted molar refractivity (Wildman–Crippen MR) is 45.9 cm³/mol. The molecule has 0 aliphatic rings. The predicted octanol–water partition coefficient (Wildman–Crippen LogP) is 0.786.